The number of nitro groups is 1. The fraction of sp³-hybridized carbons (Fsp3) is 0.600. The summed E-state index contributed by atoms with van der Waals surface area (Å²) < 4.78 is 25.8. The van der Waals surface area contributed by atoms with Crippen LogP contribution in [0.15, 0.2) is 10.3 Å². The number of sulfonamides is 1. The van der Waals surface area contributed by atoms with Crippen molar-refractivity contribution in [2.24, 2.45) is 5.92 Å². The van der Waals surface area contributed by atoms with Crippen molar-refractivity contribution < 1.29 is 13.3 Å². The largest absolute Gasteiger partial charge is 0.385 e. The van der Waals surface area contributed by atoms with Gasteiger partial charge in [-0.1, -0.05) is 25.2 Å². The van der Waals surface area contributed by atoms with E-state index < -0.39 is 14.9 Å². The fourth-order valence-electron chi connectivity index (χ4n) is 1.42. The molecule has 19 heavy (non-hydrogen) atoms. The van der Waals surface area contributed by atoms with Crippen LogP contribution in [0.4, 0.5) is 10.7 Å². The van der Waals surface area contributed by atoms with Crippen LogP contribution in [0.1, 0.15) is 20.8 Å². The van der Waals surface area contributed by atoms with Crippen LogP contribution in [0.3, 0.4) is 0 Å². The summed E-state index contributed by atoms with van der Waals surface area (Å²) in [7, 11) is -2.29. The first-order chi connectivity index (χ1) is 8.59. The third-order valence-electron chi connectivity index (χ3n) is 3.09. The van der Waals surface area contributed by atoms with Crippen LogP contribution in [0, 0.1) is 16.0 Å². The number of nitrogens with two attached hydrogens (primary N) is 1. The Kier molecular flexibility index (Phi) is 4.54. The van der Waals surface area contributed by atoms with Gasteiger partial charge in [-0.2, -0.15) is 4.31 Å². The van der Waals surface area contributed by atoms with Gasteiger partial charge in [0, 0.05) is 19.2 Å². The van der Waals surface area contributed by atoms with Crippen molar-refractivity contribution >= 4 is 32.0 Å². The van der Waals surface area contributed by atoms with Crippen molar-refractivity contribution in [1.29, 1.82) is 0 Å². The molecule has 1 aromatic rings. The van der Waals surface area contributed by atoms with Crippen LogP contribution in [0.25, 0.3) is 0 Å². The van der Waals surface area contributed by atoms with E-state index in [4.69, 9.17) is 5.73 Å². The van der Waals surface area contributed by atoms with E-state index in [-0.39, 0.29) is 26.9 Å². The van der Waals surface area contributed by atoms with Gasteiger partial charge in [0.05, 0.1) is 4.92 Å². The molecule has 0 radical (unpaired) electrons. The summed E-state index contributed by atoms with van der Waals surface area (Å²) in [5, 5.41) is 10.6. The van der Waals surface area contributed by atoms with E-state index in [2.05, 4.69) is 0 Å². The summed E-state index contributed by atoms with van der Waals surface area (Å²) in [5.41, 5.74) is 5.10. The highest BCUT2D eigenvalue weighted by Gasteiger charge is 2.31. The molecule has 0 spiro atoms. The molecule has 1 atom stereocenters. The summed E-state index contributed by atoms with van der Waals surface area (Å²) in [6.07, 6.45) is 0. The Balaban J connectivity index is 3.21. The quantitative estimate of drug-likeness (QED) is 0.660. The number of hydrogen-bond donors (Lipinski definition) is 1. The molecule has 0 bridgehead atoms. The molecule has 0 aliphatic heterocycles. The fourth-order valence-corrected chi connectivity index (χ4v) is 4.32. The van der Waals surface area contributed by atoms with Crippen molar-refractivity contribution in [2.75, 3.05) is 12.8 Å². The van der Waals surface area contributed by atoms with Crippen molar-refractivity contribution in [3.63, 3.8) is 0 Å². The Morgan fingerprint density at radius 3 is 2.32 bits per heavy atom. The van der Waals surface area contributed by atoms with Gasteiger partial charge in [0.2, 0.25) is 0 Å². The molecule has 9 heteroatoms. The minimum absolute atomic E-state index is 0.103. The molecule has 0 aliphatic carbocycles. The molecule has 1 unspecified atom stereocenters. The van der Waals surface area contributed by atoms with Crippen molar-refractivity contribution in [3.05, 3.63) is 16.2 Å². The molecule has 1 heterocycles. The van der Waals surface area contributed by atoms with Crippen LogP contribution in [-0.2, 0) is 10.0 Å². The molecule has 7 nitrogen and oxygen atoms in total. The number of thiophene rings is 1. The maximum Gasteiger partial charge on any atom is 0.304 e. The number of nitrogens with zero attached hydrogens (tertiary/aromatic N) is 2. The first-order valence-corrected chi connectivity index (χ1v) is 7.86. The second-order valence-electron chi connectivity index (χ2n) is 4.58. The Labute approximate surface area is 116 Å². The Hall–Kier alpha value is -1.19. The maximum absolute atomic E-state index is 12.3. The van der Waals surface area contributed by atoms with Crippen molar-refractivity contribution in [3.8, 4) is 0 Å². The van der Waals surface area contributed by atoms with E-state index in [1.165, 1.54) is 11.4 Å². The molecule has 2 N–H and O–H groups in total. The predicted molar refractivity (Wildman–Crippen MR) is 74.6 cm³/mol. The Morgan fingerprint density at radius 2 is 1.95 bits per heavy atom. The predicted octanol–water partition coefficient (Wildman–Crippen LogP) is 1.90. The van der Waals surface area contributed by atoms with Crippen LogP contribution < -0.4 is 5.73 Å². The first-order valence-electron chi connectivity index (χ1n) is 5.60. The van der Waals surface area contributed by atoms with Crippen LogP contribution >= 0.6 is 11.3 Å². The van der Waals surface area contributed by atoms with Crippen LogP contribution in [0.2, 0.25) is 0 Å². The van der Waals surface area contributed by atoms with E-state index in [1.807, 2.05) is 13.8 Å². The average Bonchev–Trinajstić information content (AvgIpc) is 2.69. The SMILES string of the molecule is CC(C)C(C)N(C)S(=O)(=O)c1cc([N+](=O)[O-])c(N)s1. The van der Waals surface area contributed by atoms with Gasteiger partial charge in [-0.3, -0.25) is 10.1 Å². The van der Waals surface area contributed by atoms with E-state index in [0.29, 0.717) is 11.3 Å². The highest BCUT2D eigenvalue weighted by Crippen LogP contribution is 2.36. The maximum atomic E-state index is 12.3. The van der Waals surface area contributed by atoms with E-state index >= 15 is 0 Å². The van der Waals surface area contributed by atoms with Gasteiger partial charge < -0.3 is 5.73 Å². The molecule has 0 saturated carbocycles. The lowest BCUT2D eigenvalue weighted by Crippen LogP contribution is -2.37. The molecule has 1 aromatic heterocycles. The lowest BCUT2D eigenvalue weighted by molar-refractivity contribution is -0.383. The Morgan fingerprint density at radius 1 is 1.42 bits per heavy atom. The molecule has 1 rings (SSSR count). The molecule has 0 aliphatic rings. The molecule has 0 saturated heterocycles. The number of anilines is 1. The normalized spacial score (nSPS) is 14.0. The monoisotopic (exact) mass is 307 g/mol. The molecule has 0 aromatic carbocycles. The molecule has 0 amide bonds. The third-order valence-corrected chi connectivity index (χ3v) is 6.43. The summed E-state index contributed by atoms with van der Waals surface area (Å²) >= 11 is 0.714. The molecule has 0 fully saturated rings. The van der Waals surface area contributed by atoms with Gasteiger partial charge in [0.25, 0.3) is 10.0 Å². The molecule has 108 valence electrons. The van der Waals surface area contributed by atoms with Crippen molar-refractivity contribution in [1.82, 2.24) is 4.31 Å². The minimum atomic E-state index is -3.75. The number of hydrogen-bond acceptors (Lipinski definition) is 6. The van der Waals surface area contributed by atoms with Gasteiger partial charge >= 0.3 is 5.69 Å². The number of rotatable bonds is 5. The van der Waals surface area contributed by atoms with Crippen LogP contribution in [-0.4, -0.2) is 30.7 Å². The zero-order valence-corrected chi connectivity index (χ0v) is 12.8. The van der Waals surface area contributed by atoms with Gasteiger partial charge in [0.1, 0.15) is 4.21 Å². The third kappa shape index (κ3) is 3.04. The topological polar surface area (TPSA) is 107 Å². The lowest BCUT2D eigenvalue weighted by Gasteiger charge is -2.26. The first kappa shape index (κ1) is 15.9. The molecular formula is C10H17N3O4S2. The van der Waals surface area contributed by atoms with Gasteiger partial charge in [-0.05, 0) is 12.8 Å². The minimum Gasteiger partial charge on any atom is -0.385 e. The standard InChI is InChI=1S/C10H17N3O4S2/c1-6(2)7(3)12(4)19(16,17)9-5-8(13(14)15)10(11)18-9/h5-7H,11H2,1-4H3. The van der Waals surface area contributed by atoms with Gasteiger partial charge in [-0.15, -0.1) is 0 Å². The highest BCUT2D eigenvalue weighted by molar-refractivity contribution is 7.91. The van der Waals surface area contributed by atoms with Gasteiger partial charge in [-0.25, -0.2) is 8.42 Å². The average molecular weight is 307 g/mol. The smallest absolute Gasteiger partial charge is 0.304 e. The lowest BCUT2D eigenvalue weighted by atomic mass is 10.1. The van der Waals surface area contributed by atoms with Crippen LogP contribution in [0.5, 0.6) is 0 Å². The summed E-state index contributed by atoms with van der Waals surface area (Å²) in [5.74, 6) is 0.132. The number of nitrogen functional groups attached to an aromatic ring is 1. The highest BCUT2D eigenvalue weighted by atomic mass is 32.2. The van der Waals surface area contributed by atoms with Gasteiger partial charge in [0.15, 0.2) is 5.00 Å². The van der Waals surface area contributed by atoms with E-state index in [0.717, 1.165) is 6.07 Å². The Bertz CT molecular complexity index is 580. The van der Waals surface area contributed by atoms with E-state index in [9.17, 15) is 18.5 Å². The van der Waals surface area contributed by atoms with Crippen molar-refractivity contribution in [2.45, 2.75) is 31.0 Å². The summed E-state index contributed by atoms with van der Waals surface area (Å²) in [6.45, 7) is 5.59. The summed E-state index contributed by atoms with van der Waals surface area (Å²) in [6, 6.07) is 0.797. The zero-order chi connectivity index (χ0) is 15.0. The summed E-state index contributed by atoms with van der Waals surface area (Å²) in [4.78, 5) is 10.0. The van der Waals surface area contributed by atoms with E-state index in [1.54, 1.807) is 6.92 Å². The molecular weight excluding hydrogens is 290 g/mol. The second kappa shape index (κ2) is 5.43. The second-order valence-corrected chi connectivity index (χ2v) is 7.89. The zero-order valence-electron chi connectivity index (χ0n) is 11.2.